The van der Waals surface area contributed by atoms with Gasteiger partial charge in [-0.15, -0.1) is 0 Å². The maximum atomic E-state index is 13.2. The molecule has 0 aliphatic carbocycles. The Morgan fingerprint density at radius 1 is 1.00 bits per heavy atom. The Labute approximate surface area is 163 Å². The normalized spacial score (nSPS) is 11.0. The summed E-state index contributed by atoms with van der Waals surface area (Å²) in [4.78, 5) is 16.2. The van der Waals surface area contributed by atoms with Crippen molar-refractivity contribution in [1.29, 1.82) is 0 Å². The summed E-state index contributed by atoms with van der Waals surface area (Å²) < 4.78 is 56.6. The van der Waals surface area contributed by atoms with Crippen molar-refractivity contribution in [2.75, 3.05) is 10.6 Å². The second-order valence-corrected chi connectivity index (χ2v) is 5.92. The van der Waals surface area contributed by atoms with Gasteiger partial charge in [-0.25, -0.2) is 14.2 Å². The Morgan fingerprint density at radius 2 is 1.76 bits per heavy atom. The van der Waals surface area contributed by atoms with Gasteiger partial charge < -0.3 is 10.1 Å². The van der Waals surface area contributed by atoms with Crippen molar-refractivity contribution in [3.8, 4) is 5.75 Å². The number of halogens is 4. The molecule has 29 heavy (non-hydrogen) atoms. The van der Waals surface area contributed by atoms with Crippen LogP contribution in [0.4, 0.5) is 33.9 Å². The highest BCUT2D eigenvalue weighted by Gasteiger charge is 2.30. The molecule has 0 saturated heterocycles. The lowest BCUT2D eigenvalue weighted by Crippen LogP contribution is -2.20. The van der Waals surface area contributed by atoms with E-state index in [0.717, 1.165) is 24.3 Å². The average Bonchev–Trinajstić information content (AvgIpc) is 2.67. The number of nitrogens with one attached hydrogen (secondary N) is 2. The van der Waals surface area contributed by atoms with E-state index in [0.29, 0.717) is 5.56 Å². The van der Waals surface area contributed by atoms with Gasteiger partial charge in [0.05, 0.1) is 5.56 Å². The number of pyridine rings is 1. The number of hydrogen-bond acceptors (Lipinski definition) is 3. The van der Waals surface area contributed by atoms with Crippen molar-refractivity contribution in [1.82, 2.24) is 4.98 Å². The van der Waals surface area contributed by atoms with Gasteiger partial charge in [-0.05, 0) is 54.1 Å². The Hall–Kier alpha value is -3.62. The molecule has 1 heterocycles. The van der Waals surface area contributed by atoms with Gasteiger partial charge in [-0.1, -0.05) is 12.1 Å². The molecule has 1 aromatic heterocycles. The number of aromatic nitrogens is 1. The van der Waals surface area contributed by atoms with Crippen molar-refractivity contribution >= 4 is 17.5 Å². The maximum Gasteiger partial charge on any atom is 0.416 e. The molecule has 150 valence electrons. The van der Waals surface area contributed by atoms with Crippen LogP contribution in [0.3, 0.4) is 0 Å². The van der Waals surface area contributed by atoms with Crippen LogP contribution in [-0.2, 0) is 12.8 Å². The standard InChI is InChI=1S/C20H15F4N3O2/c21-15-4-1-3-13(11-15)12-29-17-5-2-10-25-18(17)27-19(28)26-16-8-6-14(7-9-16)20(22,23)24/h1-11H,12H2,(H2,25,26,27,28). The van der Waals surface area contributed by atoms with Crippen LogP contribution in [-0.4, -0.2) is 11.0 Å². The molecule has 0 spiro atoms. The summed E-state index contributed by atoms with van der Waals surface area (Å²) in [6, 6.07) is 12.3. The molecule has 0 aliphatic rings. The number of hydrogen-bond donors (Lipinski definition) is 2. The molecule has 3 aromatic rings. The minimum absolute atomic E-state index is 0.0542. The van der Waals surface area contributed by atoms with Crippen LogP contribution in [0.15, 0.2) is 66.9 Å². The molecule has 0 radical (unpaired) electrons. The lowest BCUT2D eigenvalue weighted by Gasteiger charge is -2.13. The van der Waals surface area contributed by atoms with Crippen molar-refractivity contribution in [2.45, 2.75) is 12.8 Å². The smallest absolute Gasteiger partial charge is 0.416 e. The molecule has 0 unspecified atom stereocenters. The Kier molecular flexibility index (Phi) is 5.96. The highest BCUT2D eigenvalue weighted by molar-refractivity contribution is 5.99. The number of amides is 2. The zero-order chi connectivity index (χ0) is 20.9. The fourth-order valence-electron chi connectivity index (χ4n) is 2.40. The van der Waals surface area contributed by atoms with Crippen LogP contribution in [0, 0.1) is 5.82 Å². The van der Waals surface area contributed by atoms with E-state index in [9.17, 15) is 22.4 Å². The van der Waals surface area contributed by atoms with Crippen LogP contribution in [0.2, 0.25) is 0 Å². The lowest BCUT2D eigenvalue weighted by molar-refractivity contribution is -0.137. The molecular formula is C20H15F4N3O2. The molecule has 5 nitrogen and oxygen atoms in total. The number of carbonyl (C=O) groups is 1. The van der Waals surface area contributed by atoms with E-state index >= 15 is 0 Å². The van der Waals surface area contributed by atoms with E-state index in [2.05, 4.69) is 15.6 Å². The molecule has 0 saturated carbocycles. The van der Waals surface area contributed by atoms with Crippen LogP contribution in [0.5, 0.6) is 5.75 Å². The van der Waals surface area contributed by atoms with E-state index in [-0.39, 0.29) is 23.9 Å². The van der Waals surface area contributed by atoms with Gasteiger partial charge in [0.25, 0.3) is 0 Å². The van der Waals surface area contributed by atoms with Gasteiger partial charge in [0.15, 0.2) is 11.6 Å². The van der Waals surface area contributed by atoms with Crippen molar-refractivity contribution in [2.24, 2.45) is 0 Å². The number of urea groups is 1. The van der Waals surface area contributed by atoms with Gasteiger partial charge >= 0.3 is 12.2 Å². The van der Waals surface area contributed by atoms with Gasteiger partial charge in [0, 0.05) is 11.9 Å². The molecule has 2 N–H and O–H groups in total. The number of nitrogens with zero attached hydrogens (tertiary/aromatic N) is 1. The van der Waals surface area contributed by atoms with E-state index in [1.165, 1.54) is 18.3 Å². The average molecular weight is 405 g/mol. The quantitative estimate of drug-likeness (QED) is 0.554. The van der Waals surface area contributed by atoms with E-state index < -0.39 is 23.6 Å². The summed E-state index contributed by atoms with van der Waals surface area (Å²) in [7, 11) is 0. The Bertz CT molecular complexity index is 992. The van der Waals surface area contributed by atoms with E-state index in [4.69, 9.17) is 4.74 Å². The highest BCUT2D eigenvalue weighted by atomic mass is 19.4. The first-order valence-corrected chi connectivity index (χ1v) is 8.39. The lowest BCUT2D eigenvalue weighted by atomic mass is 10.2. The second-order valence-electron chi connectivity index (χ2n) is 5.92. The van der Waals surface area contributed by atoms with Crippen LogP contribution >= 0.6 is 0 Å². The van der Waals surface area contributed by atoms with Crippen molar-refractivity contribution in [3.05, 3.63) is 83.8 Å². The fraction of sp³-hybridized carbons (Fsp3) is 0.100. The molecule has 0 fully saturated rings. The first kappa shape index (κ1) is 20.1. The predicted molar refractivity (Wildman–Crippen MR) is 99.1 cm³/mol. The Morgan fingerprint density at radius 3 is 2.45 bits per heavy atom. The summed E-state index contributed by atoms with van der Waals surface area (Å²) in [5, 5.41) is 4.88. The molecule has 2 amide bonds. The van der Waals surface area contributed by atoms with E-state index in [1.54, 1.807) is 24.3 Å². The second kappa shape index (κ2) is 8.59. The Balaban J connectivity index is 1.63. The first-order valence-electron chi connectivity index (χ1n) is 8.39. The molecule has 2 aromatic carbocycles. The third-order valence-electron chi connectivity index (χ3n) is 3.76. The zero-order valence-corrected chi connectivity index (χ0v) is 14.8. The molecule has 0 atom stereocenters. The summed E-state index contributed by atoms with van der Waals surface area (Å²) >= 11 is 0. The molecule has 9 heteroatoms. The van der Waals surface area contributed by atoms with Gasteiger partial charge in [0.2, 0.25) is 0 Å². The van der Waals surface area contributed by atoms with E-state index in [1.807, 2.05) is 0 Å². The number of anilines is 2. The number of alkyl halides is 3. The summed E-state index contributed by atoms with van der Waals surface area (Å²) in [6.07, 6.45) is -3.02. The zero-order valence-electron chi connectivity index (χ0n) is 14.8. The minimum Gasteiger partial charge on any atom is -0.485 e. The monoisotopic (exact) mass is 405 g/mol. The largest absolute Gasteiger partial charge is 0.485 e. The predicted octanol–water partition coefficient (Wildman–Crippen LogP) is 5.46. The van der Waals surface area contributed by atoms with Crippen molar-refractivity contribution in [3.63, 3.8) is 0 Å². The molecule has 0 bridgehead atoms. The maximum absolute atomic E-state index is 13.2. The molecule has 3 rings (SSSR count). The summed E-state index contributed by atoms with van der Waals surface area (Å²) in [5.74, 6) is -0.0424. The summed E-state index contributed by atoms with van der Waals surface area (Å²) in [5.41, 5.74) is -0.0520. The summed E-state index contributed by atoms with van der Waals surface area (Å²) in [6.45, 7) is 0.0542. The van der Waals surface area contributed by atoms with Crippen molar-refractivity contribution < 1.29 is 27.1 Å². The molecular weight excluding hydrogens is 390 g/mol. The third kappa shape index (κ3) is 5.68. The first-order chi connectivity index (χ1) is 13.8. The van der Waals surface area contributed by atoms with Gasteiger partial charge in [0.1, 0.15) is 12.4 Å². The fourth-order valence-corrected chi connectivity index (χ4v) is 2.40. The van der Waals surface area contributed by atoms with Crippen LogP contribution in [0.25, 0.3) is 0 Å². The van der Waals surface area contributed by atoms with Crippen LogP contribution in [0.1, 0.15) is 11.1 Å². The topological polar surface area (TPSA) is 63.2 Å². The number of ether oxygens (including phenoxy) is 1. The SMILES string of the molecule is O=C(Nc1ccc(C(F)(F)F)cc1)Nc1ncccc1OCc1cccc(F)c1. The number of carbonyl (C=O) groups excluding carboxylic acids is 1. The van der Waals surface area contributed by atoms with Gasteiger partial charge in [-0.2, -0.15) is 13.2 Å². The number of benzene rings is 2. The van der Waals surface area contributed by atoms with Gasteiger partial charge in [-0.3, -0.25) is 5.32 Å². The minimum atomic E-state index is -4.46. The van der Waals surface area contributed by atoms with Crippen LogP contribution < -0.4 is 15.4 Å². The third-order valence-corrected chi connectivity index (χ3v) is 3.76. The molecule has 0 aliphatic heterocycles. The number of rotatable bonds is 5. The highest BCUT2D eigenvalue weighted by Crippen LogP contribution is 2.30.